The van der Waals surface area contributed by atoms with Crippen molar-refractivity contribution in [2.75, 3.05) is 32.8 Å². The molecule has 106 valence electrons. The summed E-state index contributed by atoms with van der Waals surface area (Å²) in [5.74, 6) is -0.181. The van der Waals surface area contributed by atoms with Crippen LogP contribution in [0.25, 0.3) is 0 Å². The lowest BCUT2D eigenvalue weighted by atomic mass is 10.0. The van der Waals surface area contributed by atoms with E-state index in [0.29, 0.717) is 12.0 Å². The Morgan fingerprint density at radius 1 is 1.33 bits per heavy atom. The summed E-state index contributed by atoms with van der Waals surface area (Å²) in [5.41, 5.74) is 0. The number of rotatable bonds is 7. The Morgan fingerprint density at radius 2 is 1.94 bits per heavy atom. The average Bonchev–Trinajstić information content (AvgIpc) is 2.34. The number of nitrogens with zero attached hydrogens (tertiary/aromatic N) is 1. The lowest BCUT2D eigenvalue weighted by molar-refractivity contribution is -0.139. The number of hydrogen-bond donors (Lipinski definition) is 2. The maximum atomic E-state index is 10.8. The van der Waals surface area contributed by atoms with Gasteiger partial charge in [-0.1, -0.05) is 13.8 Å². The Bertz CT molecular complexity index is 253. The third-order valence-electron chi connectivity index (χ3n) is 3.34. The number of carboxylic acid groups (broad SMARTS) is 1. The number of morpholine rings is 1. The van der Waals surface area contributed by atoms with Gasteiger partial charge in [0.05, 0.1) is 13.2 Å². The first-order valence-electron chi connectivity index (χ1n) is 6.78. The van der Waals surface area contributed by atoms with Crippen LogP contribution in [0.3, 0.4) is 0 Å². The summed E-state index contributed by atoms with van der Waals surface area (Å²) in [4.78, 5) is 13.2. The summed E-state index contributed by atoms with van der Waals surface area (Å²) < 4.78 is 5.36. The molecule has 5 heteroatoms. The van der Waals surface area contributed by atoms with E-state index >= 15 is 0 Å². The summed E-state index contributed by atoms with van der Waals surface area (Å²) in [6.45, 7) is 10.3. The van der Waals surface area contributed by atoms with Gasteiger partial charge >= 0.3 is 5.97 Å². The predicted molar refractivity (Wildman–Crippen MR) is 70.7 cm³/mol. The van der Waals surface area contributed by atoms with Crippen molar-refractivity contribution in [2.24, 2.45) is 5.92 Å². The molecule has 2 unspecified atom stereocenters. The van der Waals surface area contributed by atoms with Gasteiger partial charge in [0.25, 0.3) is 0 Å². The second kappa shape index (κ2) is 7.71. The smallest absolute Gasteiger partial charge is 0.320 e. The van der Waals surface area contributed by atoms with E-state index in [1.54, 1.807) is 6.92 Å². The number of hydrogen-bond acceptors (Lipinski definition) is 4. The first-order valence-corrected chi connectivity index (χ1v) is 6.78. The van der Waals surface area contributed by atoms with Gasteiger partial charge in [-0.25, -0.2) is 0 Å². The van der Waals surface area contributed by atoms with Crippen molar-refractivity contribution in [1.29, 1.82) is 0 Å². The molecular formula is C13H26N2O3. The molecule has 0 aromatic carbocycles. The third-order valence-corrected chi connectivity index (χ3v) is 3.34. The molecule has 1 heterocycles. The van der Waals surface area contributed by atoms with Gasteiger partial charge in [-0.2, -0.15) is 0 Å². The standard InChI is InChI=1S/C13H26N2O3/c1-10(2)8-12(9-14-11(3)13(16)17)15-4-6-18-7-5-15/h10-12,14H,4-9H2,1-3H3,(H,16,17). The minimum absolute atomic E-state index is 0.399. The average molecular weight is 258 g/mol. The molecule has 1 saturated heterocycles. The van der Waals surface area contributed by atoms with E-state index in [1.165, 1.54) is 0 Å². The molecule has 0 saturated carbocycles. The molecule has 2 atom stereocenters. The van der Waals surface area contributed by atoms with Gasteiger partial charge in [-0.3, -0.25) is 9.69 Å². The summed E-state index contributed by atoms with van der Waals surface area (Å²) in [7, 11) is 0. The third kappa shape index (κ3) is 5.33. The van der Waals surface area contributed by atoms with E-state index in [4.69, 9.17) is 9.84 Å². The molecule has 0 radical (unpaired) electrons. The van der Waals surface area contributed by atoms with Crippen LogP contribution in [0.5, 0.6) is 0 Å². The predicted octanol–water partition coefficient (Wildman–Crippen LogP) is 0.796. The Hall–Kier alpha value is -0.650. The topological polar surface area (TPSA) is 61.8 Å². The Morgan fingerprint density at radius 3 is 2.44 bits per heavy atom. The Balaban J connectivity index is 2.46. The lowest BCUT2D eigenvalue weighted by Gasteiger charge is -2.36. The molecule has 0 aromatic rings. The molecule has 0 aromatic heterocycles. The molecule has 0 bridgehead atoms. The second-order valence-corrected chi connectivity index (χ2v) is 5.40. The summed E-state index contributed by atoms with van der Waals surface area (Å²) in [6.07, 6.45) is 1.08. The number of aliphatic carboxylic acids is 1. The normalized spacial score (nSPS) is 20.9. The monoisotopic (exact) mass is 258 g/mol. The van der Waals surface area contributed by atoms with Crippen LogP contribution in [0.2, 0.25) is 0 Å². The number of carboxylic acids is 1. The fourth-order valence-corrected chi connectivity index (χ4v) is 2.25. The van der Waals surface area contributed by atoms with E-state index in [0.717, 1.165) is 39.3 Å². The van der Waals surface area contributed by atoms with Crippen LogP contribution in [0.1, 0.15) is 27.2 Å². The van der Waals surface area contributed by atoms with Crippen LogP contribution in [0.15, 0.2) is 0 Å². The molecular weight excluding hydrogens is 232 g/mol. The fraction of sp³-hybridized carbons (Fsp3) is 0.923. The molecule has 18 heavy (non-hydrogen) atoms. The lowest BCUT2D eigenvalue weighted by Crippen LogP contribution is -2.50. The highest BCUT2D eigenvalue weighted by molar-refractivity contribution is 5.72. The first-order chi connectivity index (χ1) is 8.50. The van der Waals surface area contributed by atoms with Crippen LogP contribution in [0.4, 0.5) is 0 Å². The molecule has 1 rings (SSSR count). The van der Waals surface area contributed by atoms with Crippen molar-refractivity contribution in [1.82, 2.24) is 10.2 Å². The molecule has 1 aliphatic rings. The highest BCUT2D eigenvalue weighted by Crippen LogP contribution is 2.13. The van der Waals surface area contributed by atoms with Crippen molar-refractivity contribution >= 4 is 5.97 Å². The highest BCUT2D eigenvalue weighted by atomic mass is 16.5. The molecule has 1 aliphatic heterocycles. The Kier molecular flexibility index (Phi) is 6.60. The molecule has 5 nitrogen and oxygen atoms in total. The largest absolute Gasteiger partial charge is 0.480 e. The van der Waals surface area contributed by atoms with Crippen LogP contribution in [-0.2, 0) is 9.53 Å². The quantitative estimate of drug-likeness (QED) is 0.707. The highest BCUT2D eigenvalue weighted by Gasteiger charge is 2.23. The van der Waals surface area contributed by atoms with Crippen molar-refractivity contribution in [3.8, 4) is 0 Å². The number of carbonyl (C=O) groups is 1. The van der Waals surface area contributed by atoms with Gasteiger partial charge in [0.15, 0.2) is 0 Å². The van der Waals surface area contributed by atoms with Crippen LogP contribution < -0.4 is 5.32 Å². The van der Waals surface area contributed by atoms with E-state index in [9.17, 15) is 4.79 Å². The second-order valence-electron chi connectivity index (χ2n) is 5.40. The van der Waals surface area contributed by atoms with Gasteiger partial charge in [0, 0.05) is 25.7 Å². The van der Waals surface area contributed by atoms with Gasteiger partial charge < -0.3 is 15.2 Å². The van der Waals surface area contributed by atoms with Crippen LogP contribution in [0, 0.1) is 5.92 Å². The zero-order chi connectivity index (χ0) is 13.5. The number of ether oxygens (including phenoxy) is 1. The first kappa shape index (κ1) is 15.4. The molecule has 1 fully saturated rings. The SMILES string of the molecule is CC(C)CC(CNC(C)C(=O)O)N1CCOCC1. The molecule has 0 spiro atoms. The minimum atomic E-state index is -0.791. The van der Waals surface area contributed by atoms with E-state index in [1.807, 2.05) is 0 Å². The molecule has 0 aliphatic carbocycles. The Labute approximate surface area is 109 Å². The van der Waals surface area contributed by atoms with Gasteiger partial charge in [-0.15, -0.1) is 0 Å². The van der Waals surface area contributed by atoms with Crippen LogP contribution >= 0.6 is 0 Å². The fourth-order valence-electron chi connectivity index (χ4n) is 2.25. The summed E-state index contributed by atoms with van der Waals surface area (Å²) in [5, 5.41) is 12.0. The van der Waals surface area contributed by atoms with E-state index < -0.39 is 12.0 Å². The molecule has 2 N–H and O–H groups in total. The summed E-state index contributed by atoms with van der Waals surface area (Å²) >= 11 is 0. The maximum Gasteiger partial charge on any atom is 0.320 e. The van der Waals surface area contributed by atoms with Gasteiger partial charge in [0.2, 0.25) is 0 Å². The minimum Gasteiger partial charge on any atom is -0.480 e. The van der Waals surface area contributed by atoms with Crippen molar-refractivity contribution in [2.45, 2.75) is 39.3 Å². The molecule has 0 amide bonds. The maximum absolute atomic E-state index is 10.8. The van der Waals surface area contributed by atoms with Crippen LogP contribution in [-0.4, -0.2) is 60.9 Å². The van der Waals surface area contributed by atoms with Gasteiger partial charge in [-0.05, 0) is 19.3 Å². The van der Waals surface area contributed by atoms with Gasteiger partial charge in [0.1, 0.15) is 6.04 Å². The van der Waals surface area contributed by atoms with Crippen molar-refractivity contribution in [3.05, 3.63) is 0 Å². The van der Waals surface area contributed by atoms with E-state index in [-0.39, 0.29) is 0 Å². The van der Waals surface area contributed by atoms with Crippen molar-refractivity contribution in [3.63, 3.8) is 0 Å². The zero-order valence-corrected chi connectivity index (χ0v) is 11.7. The summed E-state index contributed by atoms with van der Waals surface area (Å²) in [6, 6.07) is -0.0867. The van der Waals surface area contributed by atoms with Crippen molar-refractivity contribution < 1.29 is 14.6 Å². The zero-order valence-electron chi connectivity index (χ0n) is 11.7. The van der Waals surface area contributed by atoms with E-state index in [2.05, 4.69) is 24.1 Å². The number of nitrogens with one attached hydrogen (secondary N) is 1.